The molecule has 0 aliphatic heterocycles. The summed E-state index contributed by atoms with van der Waals surface area (Å²) in [4.78, 5) is 24.9. The van der Waals surface area contributed by atoms with E-state index in [1.165, 1.54) is 6.92 Å². The van der Waals surface area contributed by atoms with Gasteiger partial charge < -0.3 is 14.6 Å². The monoisotopic (exact) mass is 375 g/mol. The number of esters is 1. The van der Waals surface area contributed by atoms with E-state index in [9.17, 15) is 14.9 Å². The number of carbonyl (C=O) groups excluding carboxylic acids is 2. The van der Waals surface area contributed by atoms with Crippen LogP contribution in [-0.2, 0) is 9.53 Å². The molecule has 0 aliphatic rings. The van der Waals surface area contributed by atoms with E-state index in [2.05, 4.69) is 16.5 Å². The molecule has 1 atom stereocenters. The summed E-state index contributed by atoms with van der Waals surface area (Å²) >= 11 is 0. The topological polar surface area (TPSA) is 105 Å². The van der Waals surface area contributed by atoms with Crippen molar-refractivity contribution in [3.8, 4) is 17.2 Å². The van der Waals surface area contributed by atoms with Gasteiger partial charge in [-0.1, -0.05) is 41.6 Å². The second-order valence-electron chi connectivity index (χ2n) is 6.06. The van der Waals surface area contributed by atoms with Crippen LogP contribution in [0.25, 0.3) is 11.1 Å². The lowest BCUT2D eigenvalue weighted by Gasteiger charge is -2.15. The largest absolute Gasteiger partial charge is 0.449 e. The Labute approximate surface area is 161 Å². The summed E-state index contributed by atoms with van der Waals surface area (Å²) in [5.41, 5.74) is 1.88. The minimum Gasteiger partial charge on any atom is -0.449 e. The van der Waals surface area contributed by atoms with Gasteiger partial charge in [-0.25, -0.2) is 4.79 Å². The Morgan fingerprint density at radius 1 is 1.14 bits per heavy atom. The molecule has 3 rings (SSSR count). The third-order valence-electron chi connectivity index (χ3n) is 4.02. The van der Waals surface area contributed by atoms with Crippen LogP contribution >= 0.6 is 0 Å². The lowest BCUT2D eigenvalue weighted by Crippen LogP contribution is -2.30. The first-order chi connectivity index (χ1) is 13.5. The van der Waals surface area contributed by atoms with Crippen LogP contribution in [0.4, 0.5) is 5.82 Å². The first-order valence-corrected chi connectivity index (χ1v) is 8.53. The van der Waals surface area contributed by atoms with Gasteiger partial charge >= 0.3 is 5.97 Å². The molecule has 7 heteroatoms. The van der Waals surface area contributed by atoms with Gasteiger partial charge in [-0.2, -0.15) is 5.26 Å². The number of hydrogen-bond acceptors (Lipinski definition) is 6. The zero-order valence-electron chi connectivity index (χ0n) is 15.3. The summed E-state index contributed by atoms with van der Waals surface area (Å²) in [6, 6.07) is 17.4. The number of amides is 1. The SMILES string of the molecule is Cc1cc(NC(=O)[C@H](C)OC(=O)c2ccccc2-c2ccccc2C#N)no1. The second-order valence-corrected chi connectivity index (χ2v) is 6.06. The number of aryl methyl sites for hydroxylation is 1. The maximum atomic E-state index is 12.7. The van der Waals surface area contributed by atoms with E-state index in [0.29, 0.717) is 22.5 Å². The second kappa shape index (κ2) is 8.18. The van der Waals surface area contributed by atoms with Gasteiger partial charge in [-0.15, -0.1) is 0 Å². The summed E-state index contributed by atoms with van der Waals surface area (Å²) in [5, 5.41) is 15.5. The molecule has 7 nitrogen and oxygen atoms in total. The van der Waals surface area contributed by atoms with Gasteiger partial charge in [-0.05, 0) is 31.5 Å². The van der Waals surface area contributed by atoms with Crippen molar-refractivity contribution in [3.63, 3.8) is 0 Å². The number of ether oxygens (including phenoxy) is 1. The van der Waals surface area contributed by atoms with Crippen LogP contribution in [0.1, 0.15) is 28.6 Å². The number of nitriles is 1. The van der Waals surface area contributed by atoms with E-state index in [0.717, 1.165) is 0 Å². The van der Waals surface area contributed by atoms with Crippen LogP contribution in [0.15, 0.2) is 59.1 Å². The Balaban J connectivity index is 1.80. The molecule has 0 radical (unpaired) electrons. The number of anilines is 1. The molecule has 140 valence electrons. The fourth-order valence-electron chi connectivity index (χ4n) is 2.64. The number of aromatic nitrogens is 1. The van der Waals surface area contributed by atoms with Gasteiger partial charge in [-0.3, -0.25) is 4.79 Å². The Morgan fingerprint density at radius 3 is 2.50 bits per heavy atom. The summed E-state index contributed by atoms with van der Waals surface area (Å²) in [5.74, 6) is -0.405. The molecule has 0 bridgehead atoms. The highest BCUT2D eigenvalue weighted by molar-refractivity contribution is 6.00. The summed E-state index contributed by atoms with van der Waals surface area (Å²) in [7, 11) is 0. The van der Waals surface area contributed by atoms with Crippen LogP contribution < -0.4 is 5.32 Å². The molecular formula is C21H17N3O4. The number of rotatable bonds is 5. The van der Waals surface area contributed by atoms with Gasteiger partial charge in [0.1, 0.15) is 5.76 Å². The molecule has 0 unspecified atom stereocenters. The van der Waals surface area contributed by atoms with Gasteiger partial charge in [0.05, 0.1) is 17.2 Å². The molecule has 1 aromatic heterocycles. The van der Waals surface area contributed by atoms with Crippen LogP contribution in [0.5, 0.6) is 0 Å². The molecule has 0 saturated heterocycles. The number of benzene rings is 2. The normalized spacial score (nSPS) is 11.3. The molecule has 0 fully saturated rings. The highest BCUT2D eigenvalue weighted by Crippen LogP contribution is 2.27. The van der Waals surface area contributed by atoms with Crippen LogP contribution in [0.3, 0.4) is 0 Å². The third-order valence-corrected chi connectivity index (χ3v) is 4.02. The summed E-state index contributed by atoms with van der Waals surface area (Å²) < 4.78 is 10.2. The smallest absolute Gasteiger partial charge is 0.339 e. The van der Waals surface area contributed by atoms with Crippen molar-refractivity contribution in [2.75, 3.05) is 5.32 Å². The fourth-order valence-corrected chi connectivity index (χ4v) is 2.64. The van der Waals surface area contributed by atoms with Gasteiger partial charge in [0.2, 0.25) is 0 Å². The molecular weight excluding hydrogens is 358 g/mol. The van der Waals surface area contributed by atoms with E-state index in [4.69, 9.17) is 9.26 Å². The zero-order valence-corrected chi connectivity index (χ0v) is 15.3. The lowest BCUT2D eigenvalue weighted by molar-refractivity contribution is -0.123. The van der Waals surface area contributed by atoms with Crippen LogP contribution in [0.2, 0.25) is 0 Å². The van der Waals surface area contributed by atoms with Crippen LogP contribution in [-0.4, -0.2) is 23.1 Å². The fraction of sp³-hybridized carbons (Fsp3) is 0.143. The van der Waals surface area contributed by atoms with Crippen molar-refractivity contribution in [2.45, 2.75) is 20.0 Å². The van der Waals surface area contributed by atoms with Crippen LogP contribution in [0, 0.1) is 18.3 Å². The minimum atomic E-state index is -1.05. The summed E-state index contributed by atoms with van der Waals surface area (Å²) in [6.07, 6.45) is -1.05. The average molecular weight is 375 g/mol. The molecule has 0 aliphatic carbocycles. The first-order valence-electron chi connectivity index (χ1n) is 8.53. The molecule has 1 amide bonds. The Morgan fingerprint density at radius 2 is 1.82 bits per heavy atom. The maximum absolute atomic E-state index is 12.7. The molecule has 0 saturated carbocycles. The van der Waals surface area contributed by atoms with Crippen molar-refractivity contribution in [1.29, 1.82) is 5.26 Å². The highest BCUT2D eigenvalue weighted by atomic mass is 16.5. The minimum absolute atomic E-state index is 0.244. The van der Waals surface area contributed by atoms with E-state index in [-0.39, 0.29) is 11.4 Å². The Bertz CT molecular complexity index is 1070. The average Bonchev–Trinajstić information content (AvgIpc) is 3.12. The quantitative estimate of drug-likeness (QED) is 0.682. The molecule has 3 aromatic rings. The van der Waals surface area contributed by atoms with Crippen molar-refractivity contribution < 1.29 is 18.8 Å². The number of carbonyl (C=O) groups is 2. The predicted molar refractivity (Wildman–Crippen MR) is 101 cm³/mol. The van der Waals surface area contributed by atoms with E-state index >= 15 is 0 Å². The Kier molecular flexibility index (Phi) is 5.51. The first kappa shape index (κ1) is 18.9. The zero-order chi connectivity index (χ0) is 20.1. The molecule has 28 heavy (non-hydrogen) atoms. The summed E-state index contributed by atoms with van der Waals surface area (Å²) in [6.45, 7) is 3.16. The van der Waals surface area contributed by atoms with Crippen molar-refractivity contribution in [1.82, 2.24) is 5.16 Å². The van der Waals surface area contributed by atoms with Gasteiger partial charge in [0.15, 0.2) is 11.9 Å². The standard InChI is InChI=1S/C21H17N3O4/c1-13-11-19(24-28-13)23-20(25)14(2)27-21(26)18-10-6-5-9-17(18)16-8-4-3-7-15(16)12-22/h3-11,14H,1-2H3,(H,23,24,25)/t14-/m0/s1. The van der Waals surface area contributed by atoms with E-state index in [1.807, 2.05) is 0 Å². The Hall–Kier alpha value is -3.92. The van der Waals surface area contributed by atoms with Gasteiger partial charge in [0.25, 0.3) is 5.91 Å². The maximum Gasteiger partial charge on any atom is 0.339 e. The highest BCUT2D eigenvalue weighted by Gasteiger charge is 2.22. The van der Waals surface area contributed by atoms with Gasteiger partial charge in [0, 0.05) is 11.6 Å². The molecule has 0 spiro atoms. The lowest BCUT2D eigenvalue weighted by atomic mass is 9.96. The molecule has 2 aromatic carbocycles. The van der Waals surface area contributed by atoms with E-state index < -0.39 is 18.0 Å². The number of nitrogens with zero attached hydrogens (tertiary/aromatic N) is 2. The number of nitrogens with one attached hydrogen (secondary N) is 1. The van der Waals surface area contributed by atoms with Crippen molar-refractivity contribution >= 4 is 17.7 Å². The molecule has 1 N–H and O–H groups in total. The van der Waals surface area contributed by atoms with Crippen molar-refractivity contribution in [2.24, 2.45) is 0 Å². The predicted octanol–water partition coefficient (Wildman–Crippen LogP) is 3.71. The number of hydrogen-bond donors (Lipinski definition) is 1. The third kappa shape index (κ3) is 4.07. The van der Waals surface area contributed by atoms with E-state index in [1.54, 1.807) is 61.5 Å². The van der Waals surface area contributed by atoms with Crippen molar-refractivity contribution in [3.05, 3.63) is 71.5 Å². The molecule has 1 heterocycles.